The van der Waals surface area contributed by atoms with Crippen LogP contribution in [0.15, 0.2) is 34.2 Å². The molecule has 3 aliphatic rings. The standard InChI is InChI=1S/C28H42N4O2/c1-5-32(22-15-13-21(14-16-22)31(3)4)25-11-7-6-9-20-17-19(2)30-28(34)27(20)29-18-24-23(25)10-8-12-26(24)33/h8,10,17,21-22,25,29H,5-7,9,11-16,18H2,1-4H3,(H,30,34)/t21-,22-,25?. The highest BCUT2D eigenvalue weighted by Gasteiger charge is 2.33. The zero-order valence-electron chi connectivity index (χ0n) is 21.5. The number of Topliss-reactive ketones (excluding diaryl/α,β-unsaturated/α-hetero) is 1. The van der Waals surface area contributed by atoms with Crippen molar-refractivity contribution in [2.45, 2.75) is 89.8 Å². The van der Waals surface area contributed by atoms with Crippen LogP contribution in [-0.4, -0.2) is 65.9 Å². The van der Waals surface area contributed by atoms with Gasteiger partial charge in [0, 0.05) is 42.4 Å². The van der Waals surface area contributed by atoms with E-state index in [0.717, 1.165) is 49.1 Å². The van der Waals surface area contributed by atoms with Crippen molar-refractivity contribution in [3.63, 3.8) is 0 Å². The monoisotopic (exact) mass is 466 g/mol. The zero-order valence-corrected chi connectivity index (χ0v) is 21.5. The fourth-order valence-corrected chi connectivity index (χ4v) is 6.31. The second kappa shape index (κ2) is 11.0. The van der Waals surface area contributed by atoms with Crippen LogP contribution in [0.5, 0.6) is 0 Å². The van der Waals surface area contributed by atoms with E-state index < -0.39 is 0 Å². The number of H-pyrrole nitrogens is 1. The summed E-state index contributed by atoms with van der Waals surface area (Å²) in [6, 6.07) is 3.58. The summed E-state index contributed by atoms with van der Waals surface area (Å²) in [5.41, 5.74) is 4.54. The van der Waals surface area contributed by atoms with Gasteiger partial charge in [-0.3, -0.25) is 14.5 Å². The first-order chi connectivity index (χ1) is 16.4. The number of rotatable bonds is 4. The van der Waals surface area contributed by atoms with Gasteiger partial charge in [0.15, 0.2) is 5.78 Å². The molecule has 4 rings (SSSR count). The molecule has 1 aliphatic heterocycles. The Bertz CT molecular complexity index is 998. The van der Waals surface area contributed by atoms with Crippen LogP contribution in [0.1, 0.15) is 69.5 Å². The molecule has 0 amide bonds. The minimum atomic E-state index is -0.0837. The minimum Gasteiger partial charge on any atom is -0.376 e. The molecule has 2 aliphatic carbocycles. The number of ketones is 1. The Morgan fingerprint density at radius 3 is 2.47 bits per heavy atom. The SMILES string of the molecule is CCN(C1CCCCc2cc(C)[nH]c(=O)c2NCC2=C1C=CCC2=O)[C@H]1CC[C@H](N(C)C)CC1. The summed E-state index contributed by atoms with van der Waals surface area (Å²) in [4.78, 5) is 33.8. The Kier molecular flexibility index (Phi) is 8.10. The maximum atomic E-state index is 13.1. The van der Waals surface area contributed by atoms with Crippen molar-refractivity contribution >= 4 is 11.5 Å². The van der Waals surface area contributed by atoms with Gasteiger partial charge in [0.05, 0.1) is 0 Å². The quantitative estimate of drug-likeness (QED) is 0.696. The van der Waals surface area contributed by atoms with Crippen LogP contribution < -0.4 is 10.9 Å². The van der Waals surface area contributed by atoms with Gasteiger partial charge in [0.25, 0.3) is 5.56 Å². The predicted molar refractivity (Wildman–Crippen MR) is 140 cm³/mol. The number of allylic oxidation sites excluding steroid dienone is 1. The van der Waals surface area contributed by atoms with Crippen molar-refractivity contribution in [3.05, 3.63) is 51.0 Å². The summed E-state index contributed by atoms with van der Waals surface area (Å²) in [7, 11) is 4.39. The molecular formula is C28H42N4O2. The molecule has 0 bridgehead atoms. The van der Waals surface area contributed by atoms with Gasteiger partial charge in [0.2, 0.25) is 0 Å². The molecule has 1 fully saturated rings. The van der Waals surface area contributed by atoms with Gasteiger partial charge >= 0.3 is 0 Å². The second-order valence-corrected chi connectivity index (χ2v) is 10.5. The van der Waals surface area contributed by atoms with Crippen LogP contribution in [-0.2, 0) is 11.2 Å². The van der Waals surface area contributed by atoms with Gasteiger partial charge in [0.1, 0.15) is 5.69 Å². The fraction of sp³-hybridized carbons (Fsp3) is 0.643. The van der Waals surface area contributed by atoms with Gasteiger partial charge in [-0.1, -0.05) is 25.5 Å². The smallest absolute Gasteiger partial charge is 0.271 e. The number of hydrogen-bond acceptors (Lipinski definition) is 5. The highest BCUT2D eigenvalue weighted by atomic mass is 16.1. The molecule has 1 saturated carbocycles. The van der Waals surface area contributed by atoms with Gasteiger partial charge in [-0.15, -0.1) is 0 Å². The van der Waals surface area contributed by atoms with E-state index in [1.807, 2.05) is 13.0 Å². The van der Waals surface area contributed by atoms with Crippen LogP contribution in [0.25, 0.3) is 0 Å². The normalized spacial score (nSPS) is 26.2. The third-order valence-electron chi connectivity index (χ3n) is 8.14. The molecule has 6 nitrogen and oxygen atoms in total. The number of carbonyl (C=O) groups excluding carboxylic acids is 1. The van der Waals surface area contributed by atoms with E-state index in [-0.39, 0.29) is 17.4 Å². The van der Waals surface area contributed by atoms with Crippen LogP contribution in [0.2, 0.25) is 0 Å². The number of likely N-dealkylation sites (N-methyl/N-ethyl adjacent to an activating group) is 1. The summed E-state index contributed by atoms with van der Waals surface area (Å²) >= 11 is 0. The Labute approximate surface area is 204 Å². The number of fused-ring (bicyclic) bond motifs is 1. The van der Waals surface area contributed by atoms with Crippen molar-refractivity contribution in [1.82, 2.24) is 14.8 Å². The molecule has 6 heteroatoms. The topological polar surface area (TPSA) is 68.4 Å². The molecule has 0 saturated heterocycles. The Hall–Kier alpha value is -2.18. The van der Waals surface area contributed by atoms with Crippen molar-refractivity contribution in [2.75, 3.05) is 32.5 Å². The lowest BCUT2D eigenvalue weighted by Gasteiger charge is -2.43. The van der Waals surface area contributed by atoms with E-state index >= 15 is 0 Å². The molecule has 0 radical (unpaired) electrons. The van der Waals surface area contributed by atoms with E-state index in [0.29, 0.717) is 30.7 Å². The van der Waals surface area contributed by atoms with E-state index in [4.69, 9.17) is 0 Å². The van der Waals surface area contributed by atoms with Crippen molar-refractivity contribution in [3.8, 4) is 0 Å². The molecule has 2 N–H and O–H groups in total. The van der Waals surface area contributed by atoms with Crippen molar-refractivity contribution < 1.29 is 4.79 Å². The molecule has 0 spiro atoms. The number of aryl methyl sites for hydroxylation is 2. The summed E-state index contributed by atoms with van der Waals surface area (Å²) in [5, 5.41) is 3.38. The number of aromatic amines is 1. The molecule has 1 unspecified atom stereocenters. The molecular weight excluding hydrogens is 424 g/mol. The Morgan fingerprint density at radius 1 is 1.03 bits per heavy atom. The second-order valence-electron chi connectivity index (χ2n) is 10.5. The third-order valence-corrected chi connectivity index (χ3v) is 8.14. The molecule has 0 aromatic carbocycles. The average molecular weight is 467 g/mol. The number of aromatic nitrogens is 1. The van der Waals surface area contributed by atoms with E-state index in [1.54, 1.807) is 0 Å². The number of nitrogens with one attached hydrogen (secondary N) is 2. The zero-order chi connectivity index (χ0) is 24.2. The maximum absolute atomic E-state index is 13.1. The summed E-state index contributed by atoms with van der Waals surface area (Å²) in [6.45, 7) is 5.61. The largest absolute Gasteiger partial charge is 0.376 e. The number of pyridine rings is 1. The summed E-state index contributed by atoms with van der Waals surface area (Å²) < 4.78 is 0. The first-order valence-corrected chi connectivity index (χ1v) is 13.2. The summed E-state index contributed by atoms with van der Waals surface area (Å²) in [5.74, 6) is 0.187. The number of carbonyl (C=O) groups is 1. The molecule has 2 heterocycles. The number of anilines is 1. The van der Waals surface area contributed by atoms with Crippen molar-refractivity contribution in [2.24, 2.45) is 0 Å². The third kappa shape index (κ3) is 5.38. The molecule has 1 aromatic rings. The molecule has 34 heavy (non-hydrogen) atoms. The lowest BCUT2D eigenvalue weighted by atomic mass is 9.84. The highest BCUT2D eigenvalue weighted by Crippen LogP contribution is 2.33. The average Bonchev–Trinajstić information content (AvgIpc) is 2.84. The van der Waals surface area contributed by atoms with E-state index in [9.17, 15) is 9.59 Å². The molecule has 186 valence electrons. The summed E-state index contributed by atoms with van der Waals surface area (Å²) in [6.07, 6.45) is 13.6. The maximum Gasteiger partial charge on any atom is 0.271 e. The van der Waals surface area contributed by atoms with Crippen LogP contribution in [0, 0.1) is 6.92 Å². The van der Waals surface area contributed by atoms with Crippen LogP contribution >= 0.6 is 0 Å². The van der Waals surface area contributed by atoms with Gasteiger partial charge < -0.3 is 15.2 Å². The van der Waals surface area contributed by atoms with E-state index in [1.165, 1.54) is 31.3 Å². The number of hydrogen-bond donors (Lipinski definition) is 2. The Balaban J connectivity index is 1.65. The highest BCUT2D eigenvalue weighted by molar-refractivity contribution is 5.99. The van der Waals surface area contributed by atoms with Crippen LogP contribution in [0.4, 0.5) is 5.69 Å². The lowest BCUT2D eigenvalue weighted by Crippen LogP contribution is -2.48. The van der Waals surface area contributed by atoms with Crippen LogP contribution in [0.3, 0.4) is 0 Å². The van der Waals surface area contributed by atoms with Gasteiger partial charge in [-0.25, -0.2) is 0 Å². The first-order valence-electron chi connectivity index (χ1n) is 13.2. The molecule has 1 aromatic heterocycles. The van der Waals surface area contributed by atoms with Gasteiger partial charge in [-0.05, 0) is 89.7 Å². The van der Waals surface area contributed by atoms with Crippen molar-refractivity contribution in [1.29, 1.82) is 0 Å². The number of nitrogens with zero attached hydrogens (tertiary/aromatic N) is 2. The first kappa shape index (κ1) is 24.9. The van der Waals surface area contributed by atoms with E-state index in [2.05, 4.69) is 53.3 Å². The predicted octanol–water partition coefficient (Wildman–Crippen LogP) is 4.21. The molecule has 1 atom stereocenters. The fourth-order valence-electron chi connectivity index (χ4n) is 6.31. The minimum absolute atomic E-state index is 0.0837. The lowest BCUT2D eigenvalue weighted by molar-refractivity contribution is -0.115. The Morgan fingerprint density at radius 2 is 1.76 bits per heavy atom. The van der Waals surface area contributed by atoms with Gasteiger partial charge in [-0.2, -0.15) is 0 Å².